The molecule has 11 nitrogen and oxygen atoms in total. The van der Waals surface area contributed by atoms with E-state index in [0.717, 1.165) is 35.8 Å². The number of aryl methyl sites for hydroxylation is 1. The lowest BCUT2D eigenvalue weighted by Crippen LogP contribution is -2.40. The number of amides is 1. The topological polar surface area (TPSA) is 152 Å². The van der Waals surface area contributed by atoms with Crippen molar-refractivity contribution in [1.82, 2.24) is 4.31 Å². The minimum Gasteiger partial charge on any atom is -0.477 e. The molecule has 2 heterocycles. The Morgan fingerprint density at radius 3 is 2.79 bits per heavy atom. The van der Waals surface area contributed by atoms with Crippen LogP contribution in [0.15, 0.2) is 23.1 Å². The van der Waals surface area contributed by atoms with Crippen molar-refractivity contribution < 1.29 is 27.6 Å². The van der Waals surface area contributed by atoms with Crippen LogP contribution in [0.25, 0.3) is 0 Å². The van der Waals surface area contributed by atoms with Gasteiger partial charge in [0.2, 0.25) is 10.0 Å². The second-order valence-corrected chi connectivity index (χ2v) is 10.5. The van der Waals surface area contributed by atoms with Gasteiger partial charge in [0.25, 0.3) is 5.91 Å². The van der Waals surface area contributed by atoms with Crippen LogP contribution in [0, 0.1) is 21.4 Å². The normalized spacial score (nSPS) is 16.1. The minimum atomic E-state index is -3.93. The van der Waals surface area contributed by atoms with Gasteiger partial charge >= 0.3 is 5.69 Å². The highest BCUT2D eigenvalue weighted by atomic mass is 32.2. The third kappa shape index (κ3) is 4.69. The number of carbonyl (C=O) groups is 1. The highest BCUT2D eigenvalue weighted by Gasteiger charge is 2.29. The SMILES string of the molecule is N#Cc1c(NC(=O)COc2ccc(S(=O)(=O)N3CCOCC3)cc2[N+](=O)[O-])sc2c1CCC2. The predicted molar refractivity (Wildman–Crippen MR) is 118 cm³/mol. The van der Waals surface area contributed by atoms with Gasteiger partial charge in [-0.05, 0) is 37.0 Å². The molecular weight excluding hydrogens is 472 g/mol. The van der Waals surface area contributed by atoms with E-state index in [9.17, 15) is 28.6 Å². The summed E-state index contributed by atoms with van der Waals surface area (Å²) < 4.78 is 37.2. The molecule has 33 heavy (non-hydrogen) atoms. The Balaban J connectivity index is 1.47. The number of carbonyl (C=O) groups excluding carboxylic acids is 1. The molecule has 0 radical (unpaired) electrons. The van der Waals surface area contributed by atoms with Gasteiger partial charge in [-0.1, -0.05) is 0 Å². The highest BCUT2D eigenvalue weighted by Crippen LogP contribution is 2.38. The second-order valence-electron chi connectivity index (χ2n) is 7.41. The van der Waals surface area contributed by atoms with Gasteiger partial charge in [-0.25, -0.2) is 8.42 Å². The molecule has 1 aromatic heterocycles. The van der Waals surface area contributed by atoms with Crippen LogP contribution >= 0.6 is 11.3 Å². The molecule has 4 rings (SSSR count). The van der Waals surface area contributed by atoms with Crippen molar-refractivity contribution in [3.05, 3.63) is 44.3 Å². The zero-order valence-corrected chi connectivity index (χ0v) is 19.0. The number of thiophene rings is 1. The molecule has 2 aromatic rings. The monoisotopic (exact) mass is 492 g/mol. The Morgan fingerprint density at radius 2 is 2.09 bits per heavy atom. The Morgan fingerprint density at radius 1 is 1.33 bits per heavy atom. The van der Waals surface area contributed by atoms with Crippen LogP contribution in [-0.4, -0.2) is 56.5 Å². The van der Waals surface area contributed by atoms with Gasteiger partial charge in [0.1, 0.15) is 11.1 Å². The molecule has 1 aliphatic heterocycles. The molecule has 1 aromatic carbocycles. The Bertz CT molecular complexity index is 1240. The molecule has 0 unspecified atom stereocenters. The number of hydrogen-bond acceptors (Lipinski definition) is 9. The minimum absolute atomic E-state index is 0.158. The van der Waals surface area contributed by atoms with Gasteiger partial charge in [-0.15, -0.1) is 11.3 Å². The van der Waals surface area contributed by atoms with Crippen molar-refractivity contribution in [2.45, 2.75) is 24.2 Å². The lowest BCUT2D eigenvalue weighted by molar-refractivity contribution is -0.386. The molecule has 1 aliphatic carbocycles. The van der Waals surface area contributed by atoms with E-state index in [1.165, 1.54) is 27.8 Å². The first-order valence-electron chi connectivity index (χ1n) is 10.1. The number of morpholine rings is 1. The Kier molecular flexibility index (Phi) is 6.61. The van der Waals surface area contributed by atoms with Crippen LogP contribution < -0.4 is 10.1 Å². The summed E-state index contributed by atoms with van der Waals surface area (Å²) in [6, 6.07) is 5.43. The summed E-state index contributed by atoms with van der Waals surface area (Å²) in [6.45, 7) is 0.275. The molecular formula is C20H20N4O7S2. The maximum atomic E-state index is 12.8. The number of benzene rings is 1. The van der Waals surface area contributed by atoms with Crippen LogP contribution in [-0.2, 0) is 32.4 Å². The first-order valence-corrected chi connectivity index (χ1v) is 12.4. The summed E-state index contributed by atoms with van der Waals surface area (Å²) >= 11 is 1.35. The number of rotatable bonds is 7. The standard InChI is InChI=1S/C20H20N4O7S2/c21-11-15-14-2-1-3-18(14)32-20(15)22-19(25)12-31-17-5-4-13(10-16(17)24(26)27)33(28,29)23-6-8-30-9-7-23/h4-5,10H,1-3,6-9,12H2,(H,22,25). The van der Waals surface area contributed by atoms with E-state index in [1.54, 1.807) is 0 Å². The largest absolute Gasteiger partial charge is 0.477 e. The van der Waals surface area contributed by atoms with Crippen LogP contribution in [0.1, 0.15) is 22.4 Å². The number of nitro benzene ring substituents is 1. The molecule has 1 N–H and O–H groups in total. The van der Waals surface area contributed by atoms with E-state index in [0.29, 0.717) is 10.6 Å². The zero-order chi connectivity index (χ0) is 23.6. The van der Waals surface area contributed by atoms with Crippen LogP contribution in [0.3, 0.4) is 0 Å². The van der Waals surface area contributed by atoms with E-state index in [2.05, 4.69) is 11.4 Å². The van der Waals surface area contributed by atoms with Crippen molar-refractivity contribution in [2.24, 2.45) is 0 Å². The van der Waals surface area contributed by atoms with Crippen molar-refractivity contribution >= 4 is 38.0 Å². The van der Waals surface area contributed by atoms with Gasteiger partial charge in [0, 0.05) is 24.0 Å². The van der Waals surface area contributed by atoms with Gasteiger partial charge in [-0.3, -0.25) is 14.9 Å². The summed E-state index contributed by atoms with van der Waals surface area (Å²) in [6.07, 6.45) is 2.65. The maximum absolute atomic E-state index is 12.8. The fourth-order valence-corrected chi connectivity index (χ4v) is 6.46. The number of nitro groups is 1. The molecule has 0 atom stereocenters. The molecule has 1 saturated heterocycles. The Hall–Kier alpha value is -3.05. The van der Waals surface area contributed by atoms with Gasteiger partial charge in [0.15, 0.2) is 12.4 Å². The van der Waals surface area contributed by atoms with E-state index >= 15 is 0 Å². The van der Waals surface area contributed by atoms with Gasteiger partial charge in [-0.2, -0.15) is 9.57 Å². The molecule has 2 aliphatic rings. The Labute approximate surface area is 193 Å². The van der Waals surface area contributed by atoms with Crippen molar-refractivity contribution in [3.8, 4) is 11.8 Å². The number of nitrogens with one attached hydrogen (secondary N) is 1. The second kappa shape index (κ2) is 9.44. The molecule has 0 saturated carbocycles. The third-order valence-corrected chi connectivity index (χ3v) is 8.48. The molecule has 13 heteroatoms. The number of fused-ring (bicyclic) bond motifs is 1. The van der Waals surface area contributed by atoms with Crippen molar-refractivity contribution in [2.75, 3.05) is 38.2 Å². The average molecular weight is 493 g/mol. The molecule has 1 amide bonds. The summed E-state index contributed by atoms with van der Waals surface area (Å²) in [4.78, 5) is 24.0. The van der Waals surface area contributed by atoms with Crippen LogP contribution in [0.5, 0.6) is 5.75 Å². The quantitative estimate of drug-likeness (QED) is 0.455. The summed E-state index contributed by atoms with van der Waals surface area (Å²) in [5.74, 6) is -0.809. The van der Waals surface area contributed by atoms with Crippen molar-refractivity contribution in [3.63, 3.8) is 0 Å². The van der Waals surface area contributed by atoms with E-state index < -0.39 is 33.1 Å². The molecule has 1 fully saturated rings. The first kappa shape index (κ1) is 23.1. The number of nitrogens with zero attached hydrogens (tertiary/aromatic N) is 3. The lowest BCUT2D eigenvalue weighted by Gasteiger charge is -2.26. The number of nitriles is 1. The zero-order valence-electron chi connectivity index (χ0n) is 17.4. The summed E-state index contributed by atoms with van der Waals surface area (Å²) in [7, 11) is -3.93. The number of anilines is 1. The number of hydrogen-bond donors (Lipinski definition) is 1. The van der Waals surface area contributed by atoms with E-state index in [-0.39, 0.29) is 36.9 Å². The maximum Gasteiger partial charge on any atom is 0.312 e. The van der Waals surface area contributed by atoms with E-state index in [4.69, 9.17) is 9.47 Å². The fourth-order valence-electron chi connectivity index (χ4n) is 3.78. The lowest BCUT2D eigenvalue weighted by atomic mass is 10.1. The number of ether oxygens (including phenoxy) is 2. The van der Waals surface area contributed by atoms with E-state index in [1.807, 2.05) is 0 Å². The highest BCUT2D eigenvalue weighted by molar-refractivity contribution is 7.89. The number of sulfonamides is 1. The van der Waals surface area contributed by atoms with Crippen LogP contribution in [0.2, 0.25) is 0 Å². The average Bonchev–Trinajstić information content (AvgIpc) is 3.38. The molecule has 0 spiro atoms. The third-order valence-electron chi connectivity index (χ3n) is 5.38. The summed E-state index contributed by atoms with van der Waals surface area (Å²) in [5.41, 5.74) is 0.848. The van der Waals surface area contributed by atoms with Gasteiger partial charge < -0.3 is 14.8 Å². The predicted octanol–water partition coefficient (Wildman–Crippen LogP) is 2.06. The summed E-state index contributed by atoms with van der Waals surface area (Å²) in [5, 5.41) is 24.0. The van der Waals surface area contributed by atoms with Crippen LogP contribution in [0.4, 0.5) is 10.7 Å². The first-order chi connectivity index (χ1) is 15.8. The molecule has 174 valence electrons. The van der Waals surface area contributed by atoms with Crippen molar-refractivity contribution in [1.29, 1.82) is 5.26 Å². The fraction of sp³-hybridized carbons (Fsp3) is 0.400. The smallest absolute Gasteiger partial charge is 0.312 e. The van der Waals surface area contributed by atoms with Gasteiger partial charge in [0.05, 0.1) is 28.6 Å². The molecule has 0 bridgehead atoms.